The van der Waals surface area contributed by atoms with Crippen LogP contribution in [0.15, 0.2) is 30.3 Å². The molecule has 20 heavy (non-hydrogen) atoms. The second-order valence-corrected chi connectivity index (χ2v) is 5.37. The molecule has 4 nitrogen and oxygen atoms in total. The van der Waals surface area contributed by atoms with Crippen molar-refractivity contribution in [2.75, 3.05) is 19.7 Å². The van der Waals surface area contributed by atoms with Crippen molar-refractivity contribution in [1.82, 2.24) is 4.90 Å². The van der Waals surface area contributed by atoms with Gasteiger partial charge in [0, 0.05) is 13.1 Å². The van der Waals surface area contributed by atoms with Crippen molar-refractivity contribution in [1.29, 1.82) is 0 Å². The maximum absolute atomic E-state index is 12.1. The van der Waals surface area contributed by atoms with E-state index in [1.165, 1.54) is 0 Å². The van der Waals surface area contributed by atoms with Crippen molar-refractivity contribution in [3.63, 3.8) is 0 Å². The number of ether oxygens (including phenoxy) is 2. The quantitative estimate of drug-likeness (QED) is 0.830. The molecule has 0 spiro atoms. The van der Waals surface area contributed by atoms with Crippen LogP contribution in [-0.4, -0.2) is 42.7 Å². The van der Waals surface area contributed by atoms with Crippen LogP contribution in [-0.2, 0) is 9.53 Å². The van der Waals surface area contributed by atoms with Crippen molar-refractivity contribution < 1.29 is 14.3 Å². The number of carbonyl (C=O) groups excluding carboxylic acids is 1. The predicted molar refractivity (Wildman–Crippen MR) is 77.8 cm³/mol. The molecule has 1 heterocycles. The van der Waals surface area contributed by atoms with E-state index in [1.807, 2.05) is 49.1 Å². The number of para-hydroxylation sites is 1. The molecular formula is C16H23NO3. The molecule has 4 heteroatoms. The molecule has 0 atom stereocenters. The normalized spacial score (nSPS) is 16.4. The summed E-state index contributed by atoms with van der Waals surface area (Å²) in [4.78, 5) is 13.9. The topological polar surface area (TPSA) is 38.8 Å². The van der Waals surface area contributed by atoms with Gasteiger partial charge >= 0.3 is 0 Å². The Labute approximate surface area is 120 Å². The largest absolute Gasteiger partial charge is 0.484 e. The number of rotatable bonds is 5. The second-order valence-electron chi connectivity index (χ2n) is 5.37. The molecule has 0 aliphatic carbocycles. The lowest BCUT2D eigenvalue weighted by molar-refractivity contribution is -0.136. The molecule has 1 aromatic carbocycles. The van der Waals surface area contributed by atoms with E-state index in [0.717, 1.165) is 31.7 Å². The van der Waals surface area contributed by atoms with Gasteiger partial charge in [-0.15, -0.1) is 0 Å². The van der Waals surface area contributed by atoms with Crippen LogP contribution in [0.4, 0.5) is 0 Å². The Balaban J connectivity index is 1.72. The van der Waals surface area contributed by atoms with Crippen LogP contribution < -0.4 is 4.74 Å². The number of carbonyl (C=O) groups is 1. The Kier molecular flexibility index (Phi) is 5.41. The van der Waals surface area contributed by atoms with Gasteiger partial charge in [-0.2, -0.15) is 0 Å². The van der Waals surface area contributed by atoms with E-state index in [2.05, 4.69) is 0 Å². The number of piperidine rings is 1. The molecule has 0 unspecified atom stereocenters. The van der Waals surface area contributed by atoms with E-state index in [0.29, 0.717) is 0 Å². The van der Waals surface area contributed by atoms with Crippen LogP contribution in [0.25, 0.3) is 0 Å². The van der Waals surface area contributed by atoms with Crippen molar-refractivity contribution in [3.8, 4) is 5.75 Å². The van der Waals surface area contributed by atoms with E-state index in [4.69, 9.17) is 9.47 Å². The summed E-state index contributed by atoms with van der Waals surface area (Å²) < 4.78 is 11.3. The number of hydrogen-bond acceptors (Lipinski definition) is 3. The van der Waals surface area contributed by atoms with Gasteiger partial charge in [0.25, 0.3) is 5.91 Å². The lowest BCUT2D eigenvalue weighted by Crippen LogP contribution is -2.43. The summed E-state index contributed by atoms with van der Waals surface area (Å²) in [6.45, 7) is 5.72. The number of nitrogens with zero attached hydrogens (tertiary/aromatic N) is 1. The lowest BCUT2D eigenvalue weighted by Gasteiger charge is -2.32. The zero-order chi connectivity index (χ0) is 14.4. The van der Waals surface area contributed by atoms with Crippen LogP contribution in [0.5, 0.6) is 5.75 Å². The number of amides is 1. The number of benzene rings is 1. The SMILES string of the molecule is CC(C)OC1CCN(C(=O)COc2ccccc2)CC1. The minimum absolute atomic E-state index is 0.0526. The minimum Gasteiger partial charge on any atom is -0.484 e. The van der Waals surface area contributed by atoms with E-state index >= 15 is 0 Å². The minimum atomic E-state index is 0.0526. The zero-order valence-corrected chi connectivity index (χ0v) is 12.2. The molecular weight excluding hydrogens is 254 g/mol. The van der Waals surface area contributed by atoms with Gasteiger partial charge in [0.1, 0.15) is 5.75 Å². The molecule has 0 N–H and O–H groups in total. The second kappa shape index (κ2) is 7.29. The summed E-state index contributed by atoms with van der Waals surface area (Å²) in [5, 5.41) is 0. The summed E-state index contributed by atoms with van der Waals surface area (Å²) in [6.07, 6.45) is 2.36. The Hall–Kier alpha value is -1.55. The molecule has 0 bridgehead atoms. The Morgan fingerprint density at radius 3 is 2.50 bits per heavy atom. The third-order valence-corrected chi connectivity index (χ3v) is 3.36. The van der Waals surface area contributed by atoms with Gasteiger partial charge in [-0.05, 0) is 38.8 Å². The fourth-order valence-electron chi connectivity index (χ4n) is 2.38. The predicted octanol–water partition coefficient (Wildman–Crippen LogP) is 2.48. The Morgan fingerprint density at radius 2 is 1.90 bits per heavy atom. The lowest BCUT2D eigenvalue weighted by atomic mass is 10.1. The third kappa shape index (κ3) is 4.53. The molecule has 2 rings (SSSR count). The first-order valence-corrected chi connectivity index (χ1v) is 7.26. The van der Waals surface area contributed by atoms with Crippen LogP contribution in [0.3, 0.4) is 0 Å². The van der Waals surface area contributed by atoms with Gasteiger partial charge in [-0.3, -0.25) is 4.79 Å². The van der Waals surface area contributed by atoms with Gasteiger partial charge in [-0.25, -0.2) is 0 Å². The maximum atomic E-state index is 12.1. The van der Waals surface area contributed by atoms with Gasteiger partial charge in [0.15, 0.2) is 6.61 Å². The molecule has 110 valence electrons. The van der Waals surface area contributed by atoms with Crippen molar-refractivity contribution >= 4 is 5.91 Å². The highest BCUT2D eigenvalue weighted by Gasteiger charge is 2.23. The molecule has 1 saturated heterocycles. The zero-order valence-electron chi connectivity index (χ0n) is 12.2. The standard InChI is InChI=1S/C16H23NO3/c1-13(2)20-15-8-10-17(11-9-15)16(18)12-19-14-6-4-3-5-7-14/h3-7,13,15H,8-12H2,1-2H3. The average Bonchev–Trinajstić information content (AvgIpc) is 2.46. The van der Waals surface area contributed by atoms with Gasteiger partial charge in [0.05, 0.1) is 12.2 Å². The van der Waals surface area contributed by atoms with Crippen LogP contribution in [0.1, 0.15) is 26.7 Å². The van der Waals surface area contributed by atoms with Gasteiger partial charge in [-0.1, -0.05) is 18.2 Å². The summed E-state index contributed by atoms with van der Waals surface area (Å²) in [5.41, 5.74) is 0. The van der Waals surface area contributed by atoms with Crippen molar-refractivity contribution in [2.24, 2.45) is 0 Å². The first-order valence-electron chi connectivity index (χ1n) is 7.26. The van der Waals surface area contributed by atoms with Gasteiger partial charge in [0.2, 0.25) is 0 Å². The fraction of sp³-hybridized carbons (Fsp3) is 0.562. The number of likely N-dealkylation sites (tertiary alicyclic amines) is 1. The maximum Gasteiger partial charge on any atom is 0.260 e. The van der Waals surface area contributed by atoms with Crippen LogP contribution >= 0.6 is 0 Å². The molecule has 1 aromatic rings. The summed E-state index contributed by atoms with van der Waals surface area (Å²) in [7, 11) is 0. The molecule has 0 aromatic heterocycles. The summed E-state index contributed by atoms with van der Waals surface area (Å²) in [6, 6.07) is 9.43. The van der Waals surface area contributed by atoms with E-state index < -0.39 is 0 Å². The molecule has 1 amide bonds. The summed E-state index contributed by atoms with van der Waals surface area (Å²) in [5.74, 6) is 0.788. The highest BCUT2D eigenvalue weighted by atomic mass is 16.5. The highest BCUT2D eigenvalue weighted by molar-refractivity contribution is 5.77. The highest BCUT2D eigenvalue weighted by Crippen LogP contribution is 2.16. The molecule has 1 aliphatic rings. The van der Waals surface area contributed by atoms with Crippen LogP contribution in [0, 0.1) is 0 Å². The monoisotopic (exact) mass is 277 g/mol. The smallest absolute Gasteiger partial charge is 0.260 e. The first-order chi connectivity index (χ1) is 9.65. The van der Waals surface area contributed by atoms with E-state index in [9.17, 15) is 4.79 Å². The van der Waals surface area contributed by atoms with Crippen LogP contribution in [0.2, 0.25) is 0 Å². The molecule has 0 saturated carbocycles. The van der Waals surface area contributed by atoms with Crippen molar-refractivity contribution in [3.05, 3.63) is 30.3 Å². The first kappa shape index (κ1) is 14.9. The van der Waals surface area contributed by atoms with Crippen molar-refractivity contribution in [2.45, 2.75) is 38.9 Å². The average molecular weight is 277 g/mol. The number of hydrogen-bond donors (Lipinski definition) is 0. The van der Waals surface area contributed by atoms with E-state index in [-0.39, 0.29) is 24.7 Å². The van der Waals surface area contributed by atoms with E-state index in [1.54, 1.807) is 0 Å². The third-order valence-electron chi connectivity index (χ3n) is 3.36. The van der Waals surface area contributed by atoms with Gasteiger partial charge < -0.3 is 14.4 Å². The Morgan fingerprint density at radius 1 is 1.25 bits per heavy atom. The molecule has 1 aliphatic heterocycles. The molecule has 0 radical (unpaired) electrons. The molecule has 1 fully saturated rings. The fourth-order valence-corrected chi connectivity index (χ4v) is 2.38. The Bertz CT molecular complexity index is 411. The summed E-state index contributed by atoms with van der Waals surface area (Å²) >= 11 is 0.